The van der Waals surface area contributed by atoms with E-state index in [0.29, 0.717) is 16.8 Å². The number of pyridine rings is 1. The van der Waals surface area contributed by atoms with E-state index in [2.05, 4.69) is 14.4 Å². The summed E-state index contributed by atoms with van der Waals surface area (Å²) in [6.07, 6.45) is 8.07. The molecule has 2 heterocycles. The van der Waals surface area contributed by atoms with Gasteiger partial charge in [-0.05, 0) is 55.7 Å². The molecule has 0 bridgehead atoms. The molecule has 1 saturated carbocycles. The molecule has 6 nitrogen and oxygen atoms in total. The van der Waals surface area contributed by atoms with Crippen molar-refractivity contribution in [2.24, 2.45) is 0 Å². The topological polar surface area (TPSA) is 76.9 Å². The Bertz CT molecular complexity index is 1110. The quantitative estimate of drug-likeness (QED) is 0.624. The molecule has 0 saturated heterocycles. The van der Waals surface area contributed by atoms with Crippen LogP contribution in [0.1, 0.15) is 43.0 Å². The summed E-state index contributed by atoms with van der Waals surface area (Å²) < 4.78 is 30.0. The Kier molecular flexibility index (Phi) is 5.72. The lowest BCUT2D eigenvalue weighted by Crippen LogP contribution is -2.23. The molecule has 1 fully saturated rings. The van der Waals surface area contributed by atoms with E-state index < -0.39 is 10.0 Å². The summed E-state index contributed by atoms with van der Waals surface area (Å²) in [5.74, 6) is 0. The van der Waals surface area contributed by atoms with Crippen LogP contribution in [0.25, 0.3) is 11.3 Å². The van der Waals surface area contributed by atoms with Crippen molar-refractivity contribution in [3.8, 4) is 11.3 Å². The summed E-state index contributed by atoms with van der Waals surface area (Å²) in [7, 11) is -3.68. The maximum Gasteiger partial charge on any atom is 0.240 e. The molecule has 2 aromatic heterocycles. The predicted molar refractivity (Wildman–Crippen MR) is 113 cm³/mol. The Hall–Kier alpha value is -2.22. The van der Waals surface area contributed by atoms with Gasteiger partial charge in [0.05, 0.1) is 28.9 Å². The minimum absolute atomic E-state index is 0.117. The highest BCUT2D eigenvalue weighted by molar-refractivity contribution is 7.89. The van der Waals surface area contributed by atoms with Crippen LogP contribution in [0.5, 0.6) is 0 Å². The van der Waals surface area contributed by atoms with Crippen molar-refractivity contribution in [2.75, 3.05) is 0 Å². The van der Waals surface area contributed by atoms with E-state index in [1.54, 1.807) is 24.5 Å². The second kappa shape index (κ2) is 8.26. The molecule has 0 amide bonds. The van der Waals surface area contributed by atoms with Crippen molar-refractivity contribution in [3.05, 3.63) is 65.1 Å². The molecular weight excluding hydrogens is 408 g/mol. The average molecular weight is 431 g/mol. The predicted octanol–water partition coefficient (Wildman–Crippen LogP) is 4.50. The number of benzene rings is 1. The number of halogens is 1. The van der Waals surface area contributed by atoms with E-state index in [9.17, 15) is 8.42 Å². The smallest absolute Gasteiger partial charge is 0.240 e. The number of nitrogens with one attached hydrogen (secondary N) is 1. The molecule has 0 spiro atoms. The zero-order chi connectivity index (χ0) is 20.4. The van der Waals surface area contributed by atoms with E-state index in [0.717, 1.165) is 29.7 Å². The number of sulfonamides is 1. The zero-order valence-corrected chi connectivity index (χ0v) is 17.7. The highest BCUT2D eigenvalue weighted by Gasteiger charge is 2.23. The first-order valence-electron chi connectivity index (χ1n) is 9.69. The highest BCUT2D eigenvalue weighted by atomic mass is 35.5. The van der Waals surface area contributed by atoms with Crippen LogP contribution in [0.2, 0.25) is 5.02 Å². The van der Waals surface area contributed by atoms with Gasteiger partial charge in [0, 0.05) is 23.0 Å². The lowest BCUT2D eigenvalue weighted by molar-refractivity contribution is 0.467. The normalized spacial score (nSPS) is 15.1. The van der Waals surface area contributed by atoms with E-state index in [1.165, 1.54) is 18.9 Å². The van der Waals surface area contributed by atoms with E-state index in [1.807, 2.05) is 25.1 Å². The Morgan fingerprint density at radius 1 is 1.14 bits per heavy atom. The fourth-order valence-corrected chi connectivity index (χ4v) is 4.96. The molecule has 1 aliphatic rings. The fraction of sp³-hybridized carbons (Fsp3) is 0.333. The molecule has 1 aliphatic carbocycles. The van der Waals surface area contributed by atoms with E-state index >= 15 is 0 Å². The number of rotatable bonds is 6. The van der Waals surface area contributed by atoms with Crippen molar-refractivity contribution in [3.63, 3.8) is 0 Å². The van der Waals surface area contributed by atoms with Gasteiger partial charge >= 0.3 is 0 Å². The van der Waals surface area contributed by atoms with Crippen molar-refractivity contribution in [2.45, 2.75) is 50.1 Å². The zero-order valence-electron chi connectivity index (χ0n) is 16.2. The second-order valence-corrected chi connectivity index (χ2v) is 9.55. The van der Waals surface area contributed by atoms with Crippen LogP contribution in [0.4, 0.5) is 0 Å². The fourth-order valence-electron chi connectivity index (χ4n) is 3.69. The van der Waals surface area contributed by atoms with Gasteiger partial charge < -0.3 is 0 Å². The minimum atomic E-state index is -3.68. The standard InChI is InChI=1S/C21H23ClN4O2S/c1-15-6-7-19(13-20(15)22)29(27,28)24-14-17-12-21(16-8-10-23-11-9-16)26(25-17)18-4-2-3-5-18/h6-13,18,24H,2-5,14H2,1H3. The molecule has 1 aromatic carbocycles. The van der Waals surface area contributed by atoms with Gasteiger partial charge in [-0.3, -0.25) is 9.67 Å². The van der Waals surface area contributed by atoms with Crippen LogP contribution in [0.15, 0.2) is 53.7 Å². The molecule has 0 aliphatic heterocycles. The average Bonchev–Trinajstić information content (AvgIpc) is 3.39. The van der Waals surface area contributed by atoms with Crippen molar-refractivity contribution in [1.82, 2.24) is 19.5 Å². The lowest BCUT2D eigenvalue weighted by atomic mass is 10.1. The van der Waals surface area contributed by atoms with Gasteiger partial charge in [0.1, 0.15) is 0 Å². The second-order valence-electron chi connectivity index (χ2n) is 7.38. The van der Waals surface area contributed by atoms with Crippen LogP contribution in [-0.4, -0.2) is 23.2 Å². The summed E-state index contributed by atoms with van der Waals surface area (Å²) in [5.41, 5.74) is 3.54. The van der Waals surface area contributed by atoms with Gasteiger partial charge in [-0.2, -0.15) is 5.10 Å². The summed E-state index contributed by atoms with van der Waals surface area (Å²) in [5, 5.41) is 5.17. The van der Waals surface area contributed by atoms with Gasteiger partial charge in [0.2, 0.25) is 10.0 Å². The van der Waals surface area contributed by atoms with Crippen LogP contribution in [0, 0.1) is 6.92 Å². The SMILES string of the molecule is Cc1ccc(S(=O)(=O)NCc2cc(-c3ccncc3)n(C3CCCC3)n2)cc1Cl. The van der Waals surface area contributed by atoms with Crippen LogP contribution in [0.3, 0.4) is 0 Å². The Labute approximate surface area is 176 Å². The molecule has 29 heavy (non-hydrogen) atoms. The molecular formula is C21H23ClN4O2S. The third-order valence-electron chi connectivity index (χ3n) is 5.33. The minimum Gasteiger partial charge on any atom is -0.265 e. The largest absolute Gasteiger partial charge is 0.265 e. The molecule has 0 unspecified atom stereocenters. The Balaban J connectivity index is 1.59. The summed E-state index contributed by atoms with van der Waals surface area (Å²) in [6.45, 7) is 1.95. The molecule has 4 rings (SSSR count). The molecule has 8 heteroatoms. The molecule has 1 N–H and O–H groups in total. The van der Waals surface area contributed by atoms with E-state index in [4.69, 9.17) is 16.7 Å². The molecule has 152 valence electrons. The van der Waals surface area contributed by atoms with Gasteiger partial charge in [-0.1, -0.05) is 30.5 Å². The number of aromatic nitrogens is 3. The van der Waals surface area contributed by atoms with Gasteiger partial charge in [0.25, 0.3) is 0 Å². The molecule has 3 aromatic rings. The summed E-state index contributed by atoms with van der Waals surface area (Å²) in [4.78, 5) is 4.24. The number of hydrogen-bond donors (Lipinski definition) is 1. The number of aryl methyl sites for hydroxylation is 1. The van der Waals surface area contributed by atoms with Crippen LogP contribution in [-0.2, 0) is 16.6 Å². The number of hydrogen-bond acceptors (Lipinski definition) is 4. The molecule has 0 radical (unpaired) electrons. The lowest BCUT2D eigenvalue weighted by Gasteiger charge is -2.14. The summed E-state index contributed by atoms with van der Waals surface area (Å²) in [6, 6.07) is 10.9. The van der Waals surface area contributed by atoms with E-state index in [-0.39, 0.29) is 11.4 Å². The first-order chi connectivity index (χ1) is 13.9. The Morgan fingerprint density at radius 3 is 2.55 bits per heavy atom. The summed E-state index contributed by atoms with van der Waals surface area (Å²) >= 11 is 6.09. The monoisotopic (exact) mass is 430 g/mol. The number of nitrogens with zero attached hydrogens (tertiary/aromatic N) is 3. The molecule has 0 atom stereocenters. The third-order valence-corrected chi connectivity index (χ3v) is 7.14. The van der Waals surface area contributed by atoms with Crippen molar-refractivity contribution >= 4 is 21.6 Å². The van der Waals surface area contributed by atoms with Crippen molar-refractivity contribution < 1.29 is 8.42 Å². The van der Waals surface area contributed by atoms with Gasteiger partial charge in [0.15, 0.2) is 0 Å². The maximum absolute atomic E-state index is 12.7. The van der Waals surface area contributed by atoms with Gasteiger partial charge in [-0.25, -0.2) is 13.1 Å². The van der Waals surface area contributed by atoms with Crippen LogP contribution < -0.4 is 4.72 Å². The first kappa shape index (κ1) is 20.1. The van der Waals surface area contributed by atoms with Crippen molar-refractivity contribution in [1.29, 1.82) is 0 Å². The Morgan fingerprint density at radius 2 is 1.86 bits per heavy atom. The maximum atomic E-state index is 12.7. The highest BCUT2D eigenvalue weighted by Crippen LogP contribution is 2.33. The first-order valence-corrected chi connectivity index (χ1v) is 11.5. The van der Waals surface area contributed by atoms with Gasteiger partial charge in [-0.15, -0.1) is 0 Å². The third kappa shape index (κ3) is 4.37. The van der Waals surface area contributed by atoms with Crippen LogP contribution >= 0.6 is 11.6 Å².